The SMILES string of the molecule is CN(c1ccc(-c2cc3ccncc3s2)nn1)[C@H]1CC2CCC(N2)[C@H]1F. The van der Waals surface area contributed by atoms with E-state index in [4.69, 9.17) is 0 Å². The van der Waals surface area contributed by atoms with Gasteiger partial charge in [0.05, 0.1) is 15.6 Å². The van der Waals surface area contributed by atoms with Gasteiger partial charge in [0, 0.05) is 31.5 Å². The van der Waals surface area contributed by atoms with Crippen molar-refractivity contribution in [3.8, 4) is 10.6 Å². The fourth-order valence-corrected chi connectivity index (χ4v) is 5.17. The summed E-state index contributed by atoms with van der Waals surface area (Å²) in [7, 11) is 1.93. The van der Waals surface area contributed by atoms with E-state index < -0.39 is 6.17 Å². The number of thiophene rings is 1. The van der Waals surface area contributed by atoms with E-state index in [0.717, 1.165) is 45.7 Å². The Balaban J connectivity index is 1.39. The Morgan fingerprint density at radius 1 is 1.23 bits per heavy atom. The summed E-state index contributed by atoms with van der Waals surface area (Å²) in [5, 5.41) is 13.3. The highest BCUT2D eigenvalue weighted by Crippen LogP contribution is 2.34. The van der Waals surface area contributed by atoms with E-state index in [1.165, 1.54) is 0 Å². The van der Waals surface area contributed by atoms with Crippen LogP contribution >= 0.6 is 11.3 Å². The first kappa shape index (κ1) is 16.1. The highest BCUT2D eigenvalue weighted by atomic mass is 32.1. The van der Waals surface area contributed by atoms with Gasteiger partial charge in [0.15, 0.2) is 5.82 Å². The van der Waals surface area contributed by atoms with Crippen LogP contribution in [0.4, 0.5) is 10.2 Å². The number of piperidine rings is 1. The van der Waals surface area contributed by atoms with E-state index in [1.54, 1.807) is 17.5 Å². The van der Waals surface area contributed by atoms with Crippen molar-refractivity contribution in [3.05, 3.63) is 36.7 Å². The standard InChI is InChI=1S/C19H20FN5S/c1-25(15-9-12-2-3-14(22-12)19(15)20)18-5-4-13(23-24-18)16-8-11-6-7-21-10-17(11)26-16/h4-8,10,12,14-15,19,22H,2-3,9H2,1H3/t12?,14?,15-,19+/m0/s1. The third-order valence-corrected chi connectivity index (χ3v) is 6.75. The highest BCUT2D eigenvalue weighted by Gasteiger charge is 2.43. The molecule has 1 N–H and O–H groups in total. The Bertz CT molecular complexity index is 894. The zero-order valence-corrected chi connectivity index (χ0v) is 15.3. The molecule has 2 aliphatic heterocycles. The molecule has 26 heavy (non-hydrogen) atoms. The number of pyridine rings is 1. The predicted octanol–water partition coefficient (Wildman–Crippen LogP) is 3.42. The van der Waals surface area contributed by atoms with Crippen LogP contribution in [-0.2, 0) is 0 Å². The van der Waals surface area contributed by atoms with E-state index in [-0.39, 0.29) is 12.1 Å². The summed E-state index contributed by atoms with van der Waals surface area (Å²) in [6.07, 6.45) is 5.62. The first-order valence-electron chi connectivity index (χ1n) is 8.99. The maximum Gasteiger partial charge on any atom is 0.151 e. The van der Waals surface area contributed by atoms with Crippen molar-refractivity contribution in [2.75, 3.05) is 11.9 Å². The molecule has 0 radical (unpaired) electrons. The third kappa shape index (κ3) is 2.66. The van der Waals surface area contributed by atoms with Crippen LogP contribution in [0.25, 0.3) is 20.7 Å². The Hall–Kier alpha value is -2.12. The summed E-state index contributed by atoms with van der Waals surface area (Å²) in [6, 6.07) is 8.31. The fourth-order valence-electron chi connectivity index (χ4n) is 4.17. The predicted molar refractivity (Wildman–Crippen MR) is 102 cm³/mol. The second kappa shape index (κ2) is 6.25. The lowest BCUT2D eigenvalue weighted by Crippen LogP contribution is -2.55. The number of hydrogen-bond donors (Lipinski definition) is 1. The van der Waals surface area contributed by atoms with Gasteiger partial charge < -0.3 is 10.2 Å². The number of nitrogens with zero attached hydrogens (tertiary/aromatic N) is 4. The van der Waals surface area contributed by atoms with E-state index >= 15 is 0 Å². The summed E-state index contributed by atoms with van der Waals surface area (Å²) >= 11 is 1.66. The first-order chi connectivity index (χ1) is 12.7. The number of halogens is 1. The van der Waals surface area contributed by atoms with Crippen molar-refractivity contribution in [3.63, 3.8) is 0 Å². The number of fused-ring (bicyclic) bond motifs is 3. The van der Waals surface area contributed by atoms with Gasteiger partial charge in [0.1, 0.15) is 11.9 Å². The van der Waals surface area contributed by atoms with Crippen molar-refractivity contribution in [1.29, 1.82) is 0 Å². The summed E-state index contributed by atoms with van der Waals surface area (Å²) in [4.78, 5) is 7.19. The molecule has 2 aliphatic rings. The molecule has 2 bridgehead atoms. The molecule has 2 fully saturated rings. The van der Waals surface area contributed by atoms with E-state index in [0.29, 0.717) is 6.04 Å². The zero-order chi connectivity index (χ0) is 17.7. The molecule has 2 unspecified atom stereocenters. The molecule has 3 aromatic heterocycles. The van der Waals surface area contributed by atoms with Crippen LogP contribution in [0.2, 0.25) is 0 Å². The molecule has 3 aromatic rings. The maximum absolute atomic E-state index is 14.8. The topological polar surface area (TPSA) is 53.9 Å². The van der Waals surface area contributed by atoms with Crippen LogP contribution < -0.4 is 10.2 Å². The minimum atomic E-state index is -0.865. The number of rotatable bonds is 3. The lowest BCUT2D eigenvalue weighted by atomic mass is 9.96. The van der Waals surface area contributed by atoms with Crippen molar-refractivity contribution in [1.82, 2.24) is 20.5 Å². The minimum Gasteiger partial charge on any atom is -0.352 e. The summed E-state index contributed by atoms with van der Waals surface area (Å²) < 4.78 is 15.9. The van der Waals surface area contributed by atoms with Crippen molar-refractivity contribution in [2.24, 2.45) is 0 Å². The molecule has 5 heterocycles. The molecule has 2 saturated heterocycles. The lowest BCUT2D eigenvalue weighted by Gasteiger charge is -2.38. The Kier molecular flexibility index (Phi) is 3.86. The van der Waals surface area contributed by atoms with E-state index in [2.05, 4.69) is 26.6 Å². The normalized spacial score (nSPS) is 27.8. The van der Waals surface area contributed by atoms with Gasteiger partial charge in [-0.15, -0.1) is 21.5 Å². The van der Waals surface area contributed by atoms with Gasteiger partial charge in [-0.25, -0.2) is 4.39 Å². The number of nitrogens with one attached hydrogen (secondary N) is 1. The van der Waals surface area contributed by atoms with E-state index in [9.17, 15) is 4.39 Å². The average Bonchev–Trinajstić information content (AvgIpc) is 3.29. The van der Waals surface area contributed by atoms with Gasteiger partial charge in [-0.2, -0.15) is 0 Å². The third-order valence-electron chi connectivity index (χ3n) is 5.64. The Morgan fingerprint density at radius 2 is 2.15 bits per heavy atom. The Labute approximate surface area is 155 Å². The molecule has 5 rings (SSSR count). The average molecular weight is 369 g/mol. The number of anilines is 1. The van der Waals surface area contributed by atoms with Gasteiger partial charge in [0.25, 0.3) is 0 Å². The van der Waals surface area contributed by atoms with Crippen molar-refractivity contribution < 1.29 is 4.39 Å². The molecule has 0 aromatic carbocycles. The van der Waals surface area contributed by atoms with E-state index in [1.807, 2.05) is 36.3 Å². The maximum atomic E-state index is 14.8. The summed E-state index contributed by atoms with van der Waals surface area (Å²) in [5.74, 6) is 0.727. The number of hydrogen-bond acceptors (Lipinski definition) is 6. The largest absolute Gasteiger partial charge is 0.352 e. The molecule has 4 atom stereocenters. The summed E-state index contributed by atoms with van der Waals surface area (Å²) in [6.45, 7) is 0. The van der Waals surface area contributed by atoms with Crippen LogP contribution in [0.1, 0.15) is 19.3 Å². The molecule has 0 spiro atoms. The lowest BCUT2D eigenvalue weighted by molar-refractivity contribution is 0.176. The quantitative estimate of drug-likeness (QED) is 0.767. The van der Waals surface area contributed by atoms with Gasteiger partial charge in [-0.05, 0) is 48.9 Å². The van der Waals surface area contributed by atoms with Crippen LogP contribution in [0.5, 0.6) is 0 Å². The second-order valence-electron chi connectivity index (χ2n) is 7.21. The molecule has 0 saturated carbocycles. The van der Waals surface area contributed by atoms with Gasteiger partial charge in [-0.3, -0.25) is 4.98 Å². The van der Waals surface area contributed by atoms with Gasteiger partial charge >= 0.3 is 0 Å². The molecule has 0 aliphatic carbocycles. The number of aromatic nitrogens is 3. The smallest absolute Gasteiger partial charge is 0.151 e. The Morgan fingerprint density at radius 3 is 2.96 bits per heavy atom. The minimum absolute atomic E-state index is 0.0133. The first-order valence-corrected chi connectivity index (χ1v) is 9.81. The molecular weight excluding hydrogens is 349 g/mol. The molecule has 0 amide bonds. The van der Waals surface area contributed by atoms with Gasteiger partial charge in [0.2, 0.25) is 0 Å². The van der Waals surface area contributed by atoms with Crippen LogP contribution in [0.15, 0.2) is 36.7 Å². The second-order valence-corrected chi connectivity index (χ2v) is 8.29. The van der Waals surface area contributed by atoms with Crippen LogP contribution in [0, 0.1) is 0 Å². The molecule has 5 nitrogen and oxygen atoms in total. The van der Waals surface area contributed by atoms with Crippen LogP contribution in [0.3, 0.4) is 0 Å². The molecular formula is C19H20FN5S. The molecule has 7 heteroatoms. The van der Waals surface area contributed by atoms with Crippen molar-refractivity contribution in [2.45, 2.75) is 43.6 Å². The monoisotopic (exact) mass is 369 g/mol. The zero-order valence-electron chi connectivity index (χ0n) is 14.5. The van der Waals surface area contributed by atoms with Crippen molar-refractivity contribution >= 4 is 27.2 Å². The van der Waals surface area contributed by atoms with Crippen LogP contribution in [-0.4, -0.2) is 46.5 Å². The van der Waals surface area contributed by atoms with Gasteiger partial charge in [-0.1, -0.05) is 0 Å². The highest BCUT2D eigenvalue weighted by molar-refractivity contribution is 7.22. The summed E-state index contributed by atoms with van der Waals surface area (Å²) in [5.41, 5.74) is 0.838. The number of alkyl halides is 1. The molecule has 134 valence electrons. The fraction of sp³-hybridized carbons (Fsp3) is 0.421.